The Hall–Kier alpha value is -1.29. The Morgan fingerprint density at radius 3 is 2.81 bits per heavy atom. The summed E-state index contributed by atoms with van der Waals surface area (Å²) in [5.41, 5.74) is 6.45. The van der Waals surface area contributed by atoms with E-state index in [4.69, 9.17) is 10.2 Å². The molecule has 0 saturated heterocycles. The highest BCUT2D eigenvalue weighted by atomic mass is 16.5. The molecule has 1 fully saturated rings. The second kappa shape index (κ2) is 3.94. The molecule has 2 rings (SSSR count). The highest BCUT2D eigenvalue weighted by Gasteiger charge is 2.42. The summed E-state index contributed by atoms with van der Waals surface area (Å²) in [6, 6.07) is 1.77. The number of rotatable bonds is 4. The number of carbonyl (C=O) groups excluding carboxylic acids is 1. The Labute approximate surface area is 94.8 Å². The summed E-state index contributed by atoms with van der Waals surface area (Å²) in [7, 11) is 1.37. The summed E-state index contributed by atoms with van der Waals surface area (Å²) in [6.07, 6.45) is 3.12. The van der Waals surface area contributed by atoms with Gasteiger partial charge in [0.15, 0.2) is 0 Å². The van der Waals surface area contributed by atoms with E-state index in [1.165, 1.54) is 7.11 Å². The van der Waals surface area contributed by atoms with Crippen LogP contribution in [0.5, 0.6) is 0 Å². The van der Waals surface area contributed by atoms with Crippen LogP contribution in [-0.4, -0.2) is 19.6 Å². The van der Waals surface area contributed by atoms with E-state index >= 15 is 0 Å². The van der Waals surface area contributed by atoms with Crippen molar-refractivity contribution in [1.82, 2.24) is 0 Å². The molecule has 4 nitrogen and oxygen atoms in total. The van der Waals surface area contributed by atoms with Gasteiger partial charge in [-0.2, -0.15) is 0 Å². The zero-order valence-corrected chi connectivity index (χ0v) is 9.71. The van der Waals surface area contributed by atoms with E-state index in [-0.39, 0.29) is 11.4 Å². The van der Waals surface area contributed by atoms with Gasteiger partial charge >= 0.3 is 5.97 Å². The molecule has 0 atom stereocenters. The van der Waals surface area contributed by atoms with Crippen LogP contribution >= 0.6 is 0 Å². The Bertz CT molecular complexity index is 404. The third-order valence-corrected chi connectivity index (χ3v) is 3.31. The second-order valence-electron chi connectivity index (χ2n) is 4.56. The van der Waals surface area contributed by atoms with Crippen LogP contribution in [0.4, 0.5) is 0 Å². The van der Waals surface area contributed by atoms with Crippen molar-refractivity contribution >= 4 is 5.97 Å². The van der Waals surface area contributed by atoms with E-state index in [1.54, 1.807) is 13.0 Å². The molecule has 1 heterocycles. The van der Waals surface area contributed by atoms with Crippen LogP contribution in [0.3, 0.4) is 0 Å². The van der Waals surface area contributed by atoms with E-state index in [2.05, 4.69) is 4.74 Å². The smallest absolute Gasteiger partial charge is 0.341 e. The molecule has 0 radical (unpaired) electrons. The van der Waals surface area contributed by atoms with Gasteiger partial charge in [0.25, 0.3) is 0 Å². The van der Waals surface area contributed by atoms with Crippen LogP contribution in [0.15, 0.2) is 10.5 Å². The maximum atomic E-state index is 11.4. The summed E-state index contributed by atoms with van der Waals surface area (Å²) in [5, 5.41) is 0. The first-order valence-electron chi connectivity index (χ1n) is 5.48. The van der Waals surface area contributed by atoms with Crippen LogP contribution in [0.25, 0.3) is 0 Å². The van der Waals surface area contributed by atoms with Gasteiger partial charge in [0.05, 0.1) is 7.11 Å². The topological polar surface area (TPSA) is 65.5 Å². The third-order valence-electron chi connectivity index (χ3n) is 3.31. The molecule has 1 aromatic heterocycles. The molecule has 0 unspecified atom stereocenters. The molecule has 0 aromatic carbocycles. The Balaban J connectivity index is 2.15. The fraction of sp³-hybridized carbons (Fsp3) is 0.583. The molecule has 4 heteroatoms. The lowest BCUT2D eigenvalue weighted by Crippen LogP contribution is -2.17. The first-order chi connectivity index (χ1) is 7.60. The number of esters is 1. The molecule has 1 aromatic rings. The van der Waals surface area contributed by atoms with Crippen molar-refractivity contribution in [2.45, 2.75) is 26.2 Å². The zero-order chi connectivity index (χ0) is 11.8. The molecular formula is C12H17NO3. The summed E-state index contributed by atoms with van der Waals surface area (Å²) in [6.45, 7) is 2.46. The van der Waals surface area contributed by atoms with Crippen LogP contribution in [-0.2, 0) is 11.2 Å². The average Bonchev–Trinajstić information content (AvgIpc) is 2.95. The largest absolute Gasteiger partial charge is 0.465 e. The number of furan rings is 1. The first-order valence-corrected chi connectivity index (χ1v) is 5.48. The Morgan fingerprint density at radius 1 is 1.62 bits per heavy atom. The molecule has 1 saturated carbocycles. The van der Waals surface area contributed by atoms with Gasteiger partial charge in [0, 0.05) is 6.42 Å². The van der Waals surface area contributed by atoms with E-state index in [1.807, 2.05) is 0 Å². The summed E-state index contributed by atoms with van der Waals surface area (Å²) >= 11 is 0. The quantitative estimate of drug-likeness (QED) is 0.788. The molecule has 0 amide bonds. The van der Waals surface area contributed by atoms with Gasteiger partial charge in [0.2, 0.25) is 0 Å². The molecular weight excluding hydrogens is 206 g/mol. The minimum Gasteiger partial charge on any atom is -0.465 e. The zero-order valence-electron chi connectivity index (χ0n) is 9.71. The highest BCUT2D eigenvalue weighted by molar-refractivity contribution is 5.90. The van der Waals surface area contributed by atoms with Gasteiger partial charge in [0.1, 0.15) is 17.1 Å². The Kier molecular flexibility index (Phi) is 2.76. The van der Waals surface area contributed by atoms with Gasteiger partial charge in [-0.25, -0.2) is 4.79 Å². The highest BCUT2D eigenvalue weighted by Crippen LogP contribution is 2.47. The van der Waals surface area contributed by atoms with Gasteiger partial charge in [-0.05, 0) is 37.8 Å². The van der Waals surface area contributed by atoms with Crippen molar-refractivity contribution < 1.29 is 13.9 Å². The number of hydrogen-bond acceptors (Lipinski definition) is 4. The minimum absolute atomic E-state index is 0.220. The molecule has 0 bridgehead atoms. The predicted molar refractivity (Wildman–Crippen MR) is 59.2 cm³/mol. The minimum atomic E-state index is -0.343. The van der Waals surface area contributed by atoms with Gasteiger partial charge < -0.3 is 14.9 Å². The fourth-order valence-electron chi connectivity index (χ4n) is 1.94. The number of nitrogens with two attached hydrogens (primary N) is 1. The number of ether oxygens (including phenoxy) is 1. The Morgan fingerprint density at radius 2 is 2.31 bits per heavy atom. The van der Waals surface area contributed by atoms with Crippen molar-refractivity contribution in [2.75, 3.05) is 13.7 Å². The van der Waals surface area contributed by atoms with Crippen LogP contribution in [0.1, 0.15) is 34.7 Å². The SMILES string of the molecule is COC(=O)c1cc(CC2(CN)CC2)oc1C. The second-order valence-corrected chi connectivity index (χ2v) is 4.56. The molecule has 2 N–H and O–H groups in total. The van der Waals surface area contributed by atoms with Crippen LogP contribution in [0, 0.1) is 12.3 Å². The number of carbonyl (C=O) groups is 1. The van der Waals surface area contributed by atoms with Crippen molar-refractivity contribution in [1.29, 1.82) is 0 Å². The van der Waals surface area contributed by atoms with Crippen molar-refractivity contribution in [3.05, 3.63) is 23.2 Å². The van der Waals surface area contributed by atoms with Crippen LogP contribution < -0.4 is 5.73 Å². The fourth-order valence-corrected chi connectivity index (χ4v) is 1.94. The van der Waals surface area contributed by atoms with E-state index in [9.17, 15) is 4.79 Å². The van der Waals surface area contributed by atoms with Gasteiger partial charge in [-0.15, -0.1) is 0 Å². The van der Waals surface area contributed by atoms with Crippen molar-refractivity contribution in [3.8, 4) is 0 Å². The summed E-state index contributed by atoms with van der Waals surface area (Å²) < 4.78 is 10.2. The standard InChI is InChI=1S/C12H17NO3/c1-8-10(11(14)15-2)5-9(16-8)6-12(7-13)3-4-12/h5H,3-4,6-7,13H2,1-2H3. The molecule has 0 spiro atoms. The van der Waals surface area contributed by atoms with E-state index in [0.29, 0.717) is 17.9 Å². The molecule has 0 aliphatic heterocycles. The number of hydrogen-bond donors (Lipinski definition) is 1. The lowest BCUT2D eigenvalue weighted by molar-refractivity contribution is 0.0599. The summed E-state index contributed by atoms with van der Waals surface area (Å²) in [5.74, 6) is 1.11. The molecule has 88 valence electrons. The lowest BCUT2D eigenvalue weighted by Gasteiger charge is -2.08. The number of methoxy groups -OCH3 is 1. The lowest BCUT2D eigenvalue weighted by atomic mass is 10.0. The van der Waals surface area contributed by atoms with Crippen molar-refractivity contribution in [2.24, 2.45) is 11.1 Å². The van der Waals surface area contributed by atoms with Gasteiger partial charge in [-0.1, -0.05) is 0 Å². The van der Waals surface area contributed by atoms with E-state index in [0.717, 1.165) is 25.0 Å². The molecule has 1 aliphatic carbocycles. The summed E-state index contributed by atoms with van der Waals surface area (Å²) in [4.78, 5) is 11.4. The maximum absolute atomic E-state index is 11.4. The van der Waals surface area contributed by atoms with Crippen LogP contribution in [0.2, 0.25) is 0 Å². The predicted octanol–water partition coefficient (Wildman–Crippen LogP) is 1.66. The normalized spacial score (nSPS) is 17.2. The first kappa shape index (κ1) is 11.2. The van der Waals surface area contributed by atoms with Gasteiger partial charge in [-0.3, -0.25) is 0 Å². The third kappa shape index (κ3) is 1.97. The number of aryl methyl sites for hydroxylation is 1. The average molecular weight is 223 g/mol. The van der Waals surface area contributed by atoms with E-state index < -0.39 is 0 Å². The van der Waals surface area contributed by atoms with Crippen molar-refractivity contribution in [3.63, 3.8) is 0 Å². The maximum Gasteiger partial charge on any atom is 0.341 e. The molecule has 1 aliphatic rings. The monoisotopic (exact) mass is 223 g/mol. The molecule has 16 heavy (non-hydrogen) atoms.